The van der Waals surface area contributed by atoms with Gasteiger partial charge in [0, 0.05) is 30.6 Å². The summed E-state index contributed by atoms with van der Waals surface area (Å²) in [6.07, 6.45) is 0.948. The summed E-state index contributed by atoms with van der Waals surface area (Å²) in [5.74, 6) is 0.217. The third-order valence-corrected chi connectivity index (χ3v) is 4.49. The molecule has 2 N–H and O–H groups in total. The molecule has 0 unspecified atom stereocenters. The standard InChI is InChI=1S/C23H35N5O6S/c1-22(2,3)33-20(30)24-9-7-17-27-16-13-15(35)14-26-19(16)28(17)11-12-32-18(29)8-10-25-21(31)34-23(4,5)6/h13-14,35H,7-12H2,1-6H3,(H,24,30)(H,25,31). The van der Waals surface area contributed by atoms with Crippen molar-refractivity contribution < 1.29 is 28.6 Å². The van der Waals surface area contributed by atoms with Crippen molar-refractivity contribution in [2.24, 2.45) is 0 Å². The van der Waals surface area contributed by atoms with E-state index in [1.807, 2.05) is 4.57 Å². The predicted molar refractivity (Wildman–Crippen MR) is 133 cm³/mol. The van der Waals surface area contributed by atoms with E-state index in [-0.39, 0.29) is 19.6 Å². The summed E-state index contributed by atoms with van der Waals surface area (Å²) < 4.78 is 17.5. The highest BCUT2D eigenvalue weighted by atomic mass is 32.1. The molecule has 0 aliphatic carbocycles. The highest BCUT2D eigenvalue weighted by Gasteiger charge is 2.18. The molecule has 35 heavy (non-hydrogen) atoms. The van der Waals surface area contributed by atoms with Gasteiger partial charge in [-0.3, -0.25) is 4.79 Å². The van der Waals surface area contributed by atoms with E-state index in [1.165, 1.54) is 0 Å². The van der Waals surface area contributed by atoms with E-state index in [0.29, 0.717) is 41.4 Å². The van der Waals surface area contributed by atoms with Gasteiger partial charge in [-0.15, -0.1) is 12.6 Å². The first-order valence-electron chi connectivity index (χ1n) is 11.4. The third kappa shape index (κ3) is 10.4. The average molecular weight is 510 g/mol. The number of hydrogen-bond acceptors (Lipinski definition) is 9. The maximum Gasteiger partial charge on any atom is 0.407 e. The second kappa shape index (κ2) is 12.1. The summed E-state index contributed by atoms with van der Waals surface area (Å²) in [6.45, 7) is 11.5. The largest absolute Gasteiger partial charge is 0.464 e. The zero-order valence-electron chi connectivity index (χ0n) is 21.1. The summed E-state index contributed by atoms with van der Waals surface area (Å²) in [4.78, 5) is 45.3. The third-order valence-electron chi connectivity index (χ3n) is 4.24. The van der Waals surface area contributed by atoms with E-state index in [1.54, 1.807) is 53.8 Å². The number of pyridine rings is 1. The lowest BCUT2D eigenvalue weighted by Crippen LogP contribution is -2.34. The lowest BCUT2D eigenvalue weighted by Gasteiger charge is -2.19. The van der Waals surface area contributed by atoms with E-state index < -0.39 is 29.4 Å². The number of imidazole rings is 1. The van der Waals surface area contributed by atoms with Crippen LogP contribution in [0, 0.1) is 0 Å². The van der Waals surface area contributed by atoms with Gasteiger partial charge in [-0.25, -0.2) is 19.6 Å². The number of carbonyl (C=O) groups excluding carboxylic acids is 3. The Balaban J connectivity index is 1.90. The minimum absolute atomic E-state index is 0.0118. The first-order valence-corrected chi connectivity index (χ1v) is 11.8. The van der Waals surface area contributed by atoms with Crippen molar-refractivity contribution in [1.82, 2.24) is 25.2 Å². The van der Waals surface area contributed by atoms with Crippen LogP contribution in [0.15, 0.2) is 17.2 Å². The number of carbonyl (C=O) groups is 3. The maximum atomic E-state index is 12.1. The van der Waals surface area contributed by atoms with Crippen LogP contribution < -0.4 is 10.6 Å². The Bertz CT molecular complexity index is 1040. The van der Waals surface area contributed by atoms with Crippen LogP contribution in [0.2, 0.25) is 0 Å². The monoisotopic (exact) mass is 509 g/mol. The molecule has 2 rings (SSSR count). The summed E-state index contributed by atoms with van der Waals surface area (Å²) in [7, 11) is 0. The number of ether oxygens (including phenoxy) is 3. The molecule has 0 spiro atoms. The predicted octanol–water partition coefficient (Wildman–Crippen LogP) is 3.25. The van der Waals surface area contributed by atoms with Gasteiger partial charge in [-0.2, -0.15) is 0 Å². The molecule has 0 saturated heterocycles. The minimum atomic E-state index is -0.611. The Morgan fingerprint density at radius 1 is 1.00 bits per heavy atom. The van der Waals surface area contributed by atoms with Crippen LogP contribution in [0.3, 0.4) is 0 Å². The van der Waals surface area contributed by atoms with E-state index in [2.05, 4.69) is 33.2 Å². The summed E-state index contributed by atoms with van der Waals surface area (Å²) in [6, 6.07) is 1.79. The molecule has 2 aromatic heterocycles. The molecule has 12 heteroatoms. The van der Waals surface area contributed by atoms with E-state index >= 15 is 0 Å². The lowest BCUT2D eigenvalue weighted by molar-refractivity contribution is -0.143. The molecule has 0 atom stereocenters. The van der Waals surface area contributed by atoms with Gasteiger partial charge in [-0.05, 0) is 47.6 Å². The van der Waals surface area contributed by atoms with Crippen LogP contribution in [-0.4, -0.2) is 63.6 Å². The van der Waals surface area contributed by atoms with Crippen molar-refractivity contribution in [3.8, 4) is 0 Å². The van der Waals surface area contributed by atoms with Crippen molar-refractivity contribution in [1.29, 1.82) is 0 Å². The zero-order chi connectivity index (χ0) is 26.2. The number of aromatic nitrogens is 3. The van der Waals surface area contributed by atoms with Crippen LogP contribution in [0.4, 0.5) is 9.59 Å². The van der Waals surface area contributed by atoms with Gasteiger partial charge in [0.1, 0.15) is 29.2 Å². The van der Waals surface area contributed by atoms with Gasteiger partial charge in [0.05, 0.1) is 13.0 Å². The molecule has 194 valence electrons. The van der Waals surface area contributed by atoms with Gasteiger partial charge in [-0.1, -0.05) is 0 Å². The van der Waals surface area contributed by atoms with Crippen molar-refractivity contribution in [3.63, 3.8) is 0 Å². The van der Waals surface area contributed by atoms with Gasteiger partial charge in [0.15, 0.2) is 5.65 Å². The Morgan fingerprint density at radius 2 is 1.60 bits per heavy atom. The van der Waals surface area contributed by atoms with Gasteiger partial charge < -0.3 is 29.4 Å². The Kier molecular flexibility index (Phi) is 9.75. The highest BCUT2D eigenvalue weighted by molar-refractivity contribution is 7.80. The van der Waals surface area contributed by atoms with E-state index in [9.17, 15) is 14.4 Å². The second-order valence-electron chi connectivity index (χ2n) is 9.79. The van der Waals surface area contributed by atoms with Crippen molar-refractivity contribution in [3.05, 3.63) is 18.1 Å². The van der Waals surface area contributed by atoms with Crippen molar-refractivity contribution >= 4 is 41.9 Å². The number of nitrogens with zero attached hydrogens (tertiary/aromatic N) is 3. The molecule has 0 aromatic carbocycles. The molecule has 0 aliphatic heterocycles. The normalized spacial score (nSPS) is 11.7. The number of thiol groups is 1. The fourth-order valence-electron chi connectivity index (χ4n) is 2.97. The lowest BCUT2D eigenvalue weighted by atomic mass is 10.2. The first kappa shape index (κ1) is 28.2. The van der Waals surface area contributed by atoms with Crippen LogP contribution in [0.1, 0.15) is 53.8 Å². The first-order chi connectivity index (χ1) is 16.2. The number of rotatable bonds is 9. The fourth-order valence-corrected chi connectivity index (χ4v) is 3.15. The van der Waals surface area contributed by atoms with Crippen LogP contribution in [-0.2, 0) is 32.0 Å². The second-order valence-corrected chi connectivity index (χ2v) is 10.3. The molecule has 0 aliphatic rings. The Hall–Kier alpha value is -3.02. The molecule has 0 bridgehead atoms. The molecule has 11 nitrogen and oxygen atoms in total. The minimum Gasteiger partial charge on any atom is -0.464 e. The number of alkyl carbamates (subject to hydrolysis) is 2. The van der Waals surface area contributed by atoms with Gasteiger partial charge in [0.25, 0.3) is 0 Å². The molecule has 2 aromatic rings. The zero-order valence-corrected chi connectivity index (χ0v) is 22.0. The van der Waals surface area contributed by atoms with Crippen LogP contribution in [0.25, 0.3) is 11.2 Å². The van der Waals surface area contributed by atoms with Gasteiger partial charge >= 0.3 is 18.2 Å². The molecule has 0 fully saturated rings. The van der Waals surface area contributed by atoms with E-state index in [4.69, 9.17) is 14.2 Å². The number of fused-ring (bicyclic) bond motifs is 1. The quantitative estimate of drug-likeness (QED) is 0.266. The molecular weight excluding hydrogens is 474 g/mol. The summed E-state index contributed by atoms with van der Waals surface area (Å²) in [5.41, 5.74) is 0.0755. The van der Waals surface area contributed by atoms with Crippen LogP contribution >= 0.6 is 12.6 Å². The topological polar surface area (TPSA) is 134 Å². The number of nitrogens with one attached hydrogen (secondary N) is 2. The van der Waals surface area contributed by atoms with Crippen molar-refractivity contribution in [2.75, 3.05) is 19.7 Å². The number of esters is 1. The molecule has 2 amide bonds. The van der Waals surface area contributed by atoms with Gasteiger partial charge in [0.2, 0.25) is 0 Å². The van der Waals surface area contributed by atoms with E-state index in [0.717, 1.165) is 0 Å². The van der Waals surface area contributed by atoms with Crippen molar-refractivity contribution in [2.45, 2.75) is 77.0 Å². The summed E-state index contributed by atoms with van der Waals surface area (Å²) in [5, 5.41) is 5.23. The maximum absolute atomic E-state index is 12.1. The molecular formula is C23H35N5O6S. The number of hydrogen-bond donors (Lipinski definition) is 3. The Morgan fingerprint density at radius 3 is 2.20 bits per heavy atom. The molecule has 0 saturated carbocycles. The SMILES string of the molecule is CC(C)(C)OC(=O)NCCC(=O)OCCn1c(CCNC(=O)OC(C)(C)C)nc2cc(S)cnc21. The van der Waals surface area contributed by atoms with Crippen LogP contribution in [0.5, 0.6) is 0 Å². The highest BCUT2D eigenvalue weighted by Crippen LogP contribution is 2.18. The summed E-state index contributed by atoms with van der Waals surface area (Å²) >= 11 is 4.31. The number of amides is 2. The average Bonchev–Trinajstić information content (AvgIpc) is 3.01. The smallest absolute Gasteiger partial charge is 0.407 e. The fraction of sp³-hybridized carbons (Fsp3) is 0.609. The molecule has 0 radical (unpaired) electrons. The Labute approximate surface area is 210 Å². The molecule has 2 heterocycles.